The van der Waals surface area contributed by atoms with Gasteiger partial charge in [0.15, 0.2) is 0 Å². The molecule has 5 nitrogen and oxygen atoms in total. The van der Waals surface area contributed by atoms with Crippen LogP contribution in [0.2, 0.25) is 0 Å². The van der Waals surface area contributed by atoms with E-state index in [1.54, 1.807) is 23.1 Å². The van der Waals surface area contributed by atoms with Crippen molar-refractivity contribution in [3.63, 3.8) is 0 Å². The molecule has 7 heteroatoms. The quantitative estimate of drug-likeness (QED) is 0.540. The molecule has 3 aromatic carbocycles. The van der Waals surface area contributed by atoms with Gasteiger partial charge in [-0.05, 0) is 42.3 Å². The highest BCUT2D eigenvalue weighted by Gasteiger charge is 2.37. The molecule has 2 atom stereocenters. The van der Waals surface area contributed by atoms with Gasteiger partial charge in [-0.1, -0.05) is 48.5 Å². The van der Waals surface area contributed by atoms with Crippen molar-refractivity contribution >= 4 is 17.5 Å². The molecule has 2 aliphatic rings. The summed E-state index contributed by atoms with van der Waals surface area (Å²) in [5.74, 6) is -1.33. The number of piperazine rings is 1. The normalized spacial score (nSPS) is 20.3. The van der Waals surface area contributed by atoms with Crippen molar-refractivity contribution in [3.05, 3.63) is 102 Å². The van der Waals surface area contributed by atoms with Gasteiger partial charge in [0.05, 0.1) is 11.6 Å². The minimum Gasteiger partial charge on any atom is -0.366 e. The molecule has 186 valence electrons. The zero-order valence-electron chi connectivity index (χ0n) is 20.0. The summed E-state index contributed by atoms with van der Waals surface area (Å²) in [5, 5.41) is 0. The van der Waals surface area contributed by atoms with Crippen LogP contribution in [-0.4, -0.2) is 60.9 Å². The van der Waals surface area contributed by atoms with Crippen molar-refractivity contribution in [1.82, 2.24) is 9.80 Å². The van der Waals surface area contributed by atoms with Gasteiger partial charge in [-0.25, -0.2) is 8.78 Å². The largest absolute Gasteiger partial charge is 0.366 e. The van der Waals surface area contributed by atoms with Gasteiger partial charge in [0.25, 0.3) is 5.91 Å². The SMILES string of the molecule is O=C(c1cccc(F)c1)N1C[C@H](C(=O)N2CCN(c3ccccc3F)CC2)C[C@H](c2ccccc2)C1. The highest BCUT2D eigenvalue weighted by molar-refractivity contribution is 5.95. The highest BCUT2D eigenvalue weighted by atomic mass is 19.1. The van der Waals surface area contributed by atoms with Crippen molar-refractivity contribution in [3.8, 4) is 0 Å². The fraction of sp³-hybridized carbons (Fsp3) is 0.310. The summed E-state index contributed by atoms with van der Waals surface area (Å²) < 4.78 is 28.0. The number of para-hydroxylation sites is 1. The van der Waals surface area contributed by atoms with Gasteiger partial charge >= 0.3 is 0 Å². The number of amides is 2. The molecule has 2 amide bonds. The number of benzene rings is 3. The van der Waals surface area contributed by atoms with Gasteiger partial charge in [-0.3, -0.25) is 9.59 Å². The topological polar surface area (TPSA) is 43.9 Å². The number of carbonyl (C=O) groups is 2. The molecule has 2 aliphatic heterocycles. The monoisotopic (exact) mass is 489 g/mol. The smallest absolute Gasteiger partial charge is 0.253 e. The molecule has 0 aromatic heterocycles. The number of likely N-dealkylation sites (tertiary alicyclic amines) is 1. The van der Waals surface area contributed by atoms with Crippen LogP contribution in [0.25, 0.3) is 0 Å². The fourth-order valence-electron chi connectivity index (χ4n) is 5.35. The second kappa shape index (κ2) is 10.5. The van der Waals surface area contributed by atoms with Gasteiger partial charge in [-0.2, -0.15) is 0 Å². The third kappa shape index (κ3) is 5.10. The highest BCUT2D eigenvalue weighted by Crippen LogP contribution is 2.32. The van der Waals surface area contributed by atoms with Crippen LogP contribution in [0.5, 0.6) is 0 Å². The second-order valence-corrected chi connectivity index (χ2v) is 9.52. The van der Waals surface area contributed by atoms with Crippen molar-refractivity contribution < 1.29 is 18.4 Å². The van der Waals surface area contributed by atoms with E-state index in [0.717, 1.165) is 5.56 Å². The Kier molecular flexibility index (Phi) is 6.98. The number of nitrogens with zero attached hydrogens (tertiary/aromatic N) is 3. The summed E-state index contributed by atoms with van der Waals surface area (Å²) in [6, 6.07) is 22.3. The number of carbonyl (C=O) groups excluding carboxylic acids is 2. The van der Waals surface area contributed by atoms with Crippen LogP contribution in [-0.2, 0) is 4.79 Å². The molecule has 2 saturated heterocycles. The van der Waals surface area contributed by atoms with E-state index in [1.165, 1.54) is 24.3 Å². The number of rotatable bonds is 4. The average molecular weight is 490 g/mol. The first kappa shape index (κ1) is 24.0. The molecule has 5 rings (SSSR count). The van der Waals surface area contributed by atoms with Gasteiger partial charge in [0.1, 0.15) is 11.6 Å². The molecule has 36 heavy (non-hydrogen) atoms. The Labute approximate surface area is 209 Å². The van der Waals surface area contributed by atoms with Crippen LogP contribution in [0.4, 0.5) is 14.5 Å². The van der Waals surface area contributed by atoms with E-state index >= 15 is 0 Å². The maximum absolute atomic E-state index is 14.2. The van der Waals surface area contributed by atoms with E-state index in [4.69, 9.17) is 0 Å². The van der Waals surface area contributed by atoms with E-state index in [1.807, 2.05) is 46.2 Å². The molecule has 0 bridgehead atoms. The minimum absolute atomic E-state index is 0.00566. The van der Waals surface area contributed by atoms with Gasteiger partial charge in [0.2, 0.25) is 5.91 Å². The summed E-state index contributed by atoms with van der Waals surface area (Å²) in [6.45, 7) is 2.87. The second-order valence-electron chi connectivity index (χ2n) is 9.52. The molecule has 2 heterocycles. The Balaban J connectivity index is 1.32. The van der Waals surface area contributed by atoms with Crippen LogP contribution < -0.4 is 4.90 Å². The molecule has 2 fully saturated rings. The first-order chi connectivity index (χ1) is 17.5. The van der Waals surface area contributed by atoms with Crippen molar-refractivity contribution in [2.45, 2.75) is 12.3 Å². The standard InChI is InChI=1S/C29H29F2N3O2/c30-25-10-6-9-22(18-25)28(35)34-19-23(21-7-2-1-3-8-21)17-24(20-34)29(36)33-15-13-32(14-16-33)27-12-5-4-11-26(27)31/h1-12,18,23-24H,13-17,19-20H2/t23-,24+/m0/s1. The molecule has 0 saturated carbocycles. The van der Waals surface area contributed by atoms with Gasteiger partial charge < -0.3 is 14.7 Å². The number of hydrogen-bond donors (Lipinski definition) is 0. The molecular weight excluding hydrogens is 460 g/mol. The van der Waals surface area contributed by atoms with Gasteiger partial charge in [-0.15, -0.1) is 0 Å². The van der Waals surface area contributed by atoms with Crippen LogP contribution in [0.3, 0.4) is 0 Å². The van der Waals surface area contributed by atoms with Crippen LogP contribution >= 0.6 is 0 Å². The van der Waals surface area contributed by atoms with E-state index < -0.39 is 5.82 Å². The summed E-state index contributed by atoms with van der Waals surface area (Å²) in [7, 11) is 0. The Morgan fingerprint density at radius 2 is 1.47 bits per heavy atom. The average Bonchev–Trinajstić information content (AvgIpc) is 2.93. The van der Waals surface area contributed by atoms with Crippen molar-refractivity contribution in [2.24, 2.45) is 5.92 Å². The lowest BCUT2D eigenvalue weighted by Crippen LogP contribution is -2.54. The van der Waals surface area contributed by atoms with Crippen molar-refractivity contribution in [2.75, 3.05) is 44.2 Å². The number of piperidine rings is 1. The zero-order chi connectivity index (χ0) is 25.1. The van der Waals surface area contributed by atoms with E-state index in [2.05, 4.69) is 0 Å². The fourth-order valence-corrected chi connectivity index (χ4v) is 5.35. The lowest BCUT2D eigenvalue weighted by atomic mass is 9.83. The molecular formula is C29H29F2N3O2. The van der Waals surface area contributed by atoms with Crippen molar-refractivity contribution in [1.29, 1.82) is 0 Å². The van der Waals surface area contributed by atoms with Crippen LogP contribution in [0, 0.1) is 17.6 Å². The predicted octanol–water partition coefficient (Wildman–Crippen LogP) is 4.56. The van der Waals surface area contributed by atoms with Crippen LogP contribution in [0.15, 0.2) is 78.9 Å². The molecule has 0 aliphatic carbocycles. The molecule has 0 N–H and O–H groups in total. The number of halogens is 2. The van der Waals surface area contributed by atoms with E-state index in [9.17, 15) is 18.4 Å². The first-order valence-electron chi connectivity index (χ1n) is 12.4. The Morgan fingerprint density at radius 1 is 0.750 bits per heavy atom. The van der Waals surface area contributed by atoms with Crippen LogP contribution in [0.1, 0.15) is 28.3 Å². The van der Waals surface area contributed by atoms with E-state index in [-0.39, 0.29) is 35.0 Å². The first-order valence-corrected chi connectivity index (χ1v) is 12.4. The maximum atomic E-state index is 14.2. The summed E-state index contributed by atoms with van der Waals surface area (Å²) in [4.78, 5) is 32.4. The van der Waals surface area contributed by atoms with E-state index in [0.29, 0.717) is 51.4 Å². The molecule has 0 radical (unpaired) electrons. The summed E-state index contributed by atoms with van der Waals surface area (Å²) in [6.07, 6.45) is 0.642. The Morgan fingerprint density at radius 3 is 2.19 bits per heavy atom. The molecule has 0 spiro atoms. The lowest BCUT2D eigenvalue weighted by molar-refractivity contribution is -0.137. The summed E-state index contributed by atoms with van der Waals surface area (Å²) >= 11 is 0. The lowest BCUT2D eigenvalue weighted by Gasteiger charge is -2.42. The maximum Gasteiger partial charge on any atom is 0.253 e. The Hall–Kier alpha value is -3.74. The third-order valence-electron chi connectivity index (χ3n) is 7.21. The third-order valence-corrected chi connectivity index (χ3v) is 7.21. The predicted molar refractivity (Wildman–Crippen MR) is 135 cm³/mol. The van der Waals surface area contributed by atoms with Gasteiger partial charge in [0, 0.05) is 50.7 Å². The molecule has 0 unspecified atom stereocenters. The minimum atomic E-state index is -0.460. The number of anilines is 1. The number of hydrogen-bond acceptors (Lipinski definition) is 3. The zero-order valence-corrected chi connectivity index (χ0v) is 20.0. The summed E-state index contributed by atoms with van der Waals surface area (Å²) in [5.41, 5.74) is 1.92. The Bertz CT molecular complexity index is 1230. The molecule has 3 aromatic rings.